The predicted molar refractivity (Wildman–Crippen MR) is 102 cm³/mol. The number of hydrogen-bond donors (Lipinski definition) is 3. The number of carbonyl (C=O) groups is 3. The third-order valence-electron chi connectivity index (χ3n) is 3.14. The highest BCUT2D eigenvalue weighted by atomic mass is 35.5. The van der Waals surface area contributed by atoms with Crippen LogP contribution < -0.4 is 25.5 Å². The van der Waals surface area contributed by atoms with Gasteiger partial charge in [-0.1, -0.05) is 11.6 Å². The van der Waals surface area contributed by atoms with Crippen molar-refractivity contribution in [2.24, 2.45) is 5.10 Å². The lowest BCUT2D eigenvalue weighted by Crippen LogP contribution is -2.41. The van der Waals surface area contributed by atoms with Crippen LogP contribution in [-0.2, 0) is 14.4 Å². The van der Waals surface area contributed by atoms with Crippen LogP contribution in [0.4, 0.5) is 5.69 Å². The van der Waals surface area contributed by atoms with Crippen LogP contribution in [0, 0.1) is 0 Å². The fraction of sp³-hybridized carbons (Fsp3) is 0.412. The zero-order chi connectivity index (χ0) is 20.6. The van der Waals surface area contributed by atoms with E-state index in [1.54, 1.807) is 20.8 Å². The van der Waals surface area contributed by atoms with Gasteiger partial charge in [0.2, 0.25) is 5.91 Å². The summed E-state index contributed by atoms with van der Waals surface area (Å²) in [7, 11) is 2.90. The number of benzene rings is 1. The third-order valence-corrected chi connectivity index (χ3v) is 3.43. The molecule has 1 aromatic rings. The molecule has 0 aliphatic heterocycles. The van der Waals surface area contributed by atoms with Crippen molar-refractivity contribution in [3.05, 3.63) is 17.2 Å². The molecule has 3 N–H and O–H groups in total. The van der Waals surface area contributed by atoms with Gasteiger partial charge in [0.05, 0.1) is 31.4 Å². The van der Waals surface area contributed by atoms with Gasteiger partial charge >= 0.3 is 11.8 Å². The number of nitrogens with one attached hydrogen (secondary N) is 3. The number of rotatable bonds is 7. The molecule has 1 aromatic carbocycles. The van der Waals surface area contributed by atoms with Crippen molar-refractivity contribution in [1.82, 2.24) is 10.7 Å². The first-order chi connectivity index (χ1) is 12.7. The molecule has 10 heteroatoms. The van der Waals surface area contributed by atoms with Gasteiger partial charge in [0, 0.05) is 23.9 Å². The monoisotopic (exact) mass is 398 g/mol. The Morgan fingerprint density at radius 1 is 1.11 bits per heavy atom. The second kappa shape index (κ2) is 10.4. The number of carbonyl (C=O) groups excluding carboxylic acids is 3. The van der Waals surface area contributed by atoms with Gasteiger partial charge in [-0.05, 0) is 20.8 Å². The first-order valence-corrected chi connectivity index (χ1v) is 8.41. The average molecular weight is 399 g/mol. The number of nitrogens with zero attached hydrogens (tertiary/aromatic N) is 1. The maximum Gasteiger partial charge on any atom is 0.329 e. The topological polar surface area (TPSA) is 118 Å². The van der Waals surface area contributed by atoms with Crippen LogP contribution >= 0.6 is 11.6 Å². The Kier molecular flexibility index (Phi) is 8.53. The Hall–Kier alpha value is -2.81. The van der Waals surface area contributed by atoms with Gasteiger partial charge in [-0.15, -0.1) is 0 Å². The molecular formula is C17H23ClN4O5. The van der Waals surface area contributed by atoms with E-state index in [2.05, 4.69) is 21.2 Å². The molecule has 0 aliphatic carbocycles. The van der Waals surface area contributed by atoms with Crippen molar-refractivity contribution in [2.45, 2.75) is 33.2 Å². The van der Waals surface area contributed by atoms with E-state index in [4.69, 9.17) is 21.1 Å². The van der Waals surface area contributed by atoms with E-state index in [9.17, 15) is 14.4 Å². The third kappa shape index (κ3) is 7.14. The molecule has 0 aliphatic rings. The van der Waals surface area contributed by atoms with Crippen LogP contribution in [0.25, 0.3) is 0 Å². The highest BCUT2D eigenvalue weighted by molar-refractivity contribution is 6.35. The second-order valence-corrected chi connectivity index (χ2v) is 6.24. The summed E-state index contributed by atoms with van der Waals surface area (Å²) >= 11 is 6.02. The Morgan fingerprint density at radius 2 is 1.74 bits per heavy atom. The van der Waals surface area contributed by atoms with E-state index in [1.807, 2.05) is 0 Å². The predicted octanol–water partition coefficient (Wildman–Crippen LogP) is 1.70. The Bertz CT molecular complexity index is 749. The van der Waals surface area contributed by atoms with Crippen LogP contribution in [0.2, 0.25) is 5.02 Å². The summed E-state index contributed by atoms with van der Waals surface area (Å²) in [5, 5.41) is 9.17. The van der Waals surface area contributed by atoms with Crippen LogP contribution in [0.1, 0.15) is 27.2 Å². The molecule has 1 rings (SSSR count). The molecule has 0 radical (unpaired) electrons. The first kappa shape index (κ1) is 22.2. The van der Waals surface area contributed by atoms with Crippen LogP contribution in [-0.4, -0.2) is 43.7 Å². The Balaban J connectivity index is 2.71. The van der Waals surface area contributed by atoms with Crippen molar-refractivity contribution in [2.75, 3.05) is 19.5 Å². The number of ether oxygens (including phenoxy) is 2. The molecular weight excluding hydrogens is 376 g/mol. The standard InChI is InChI=1S/C17H23ClN4O5/c1-9(2)19-16(24)17(25)22-21-10(3)6-15(23)20-12-8-13(26-4)11(18)7-14(12)27-5/h7-9H,6H2,1-5H3,(H,19,24)(H,20,23)(H,22,25)/b21-10+. The maximum atomic E-state index is 12.2. The number of anilines is 1. The van der Waals surface area contributed by atoms with E-state index in [-0.39, 0.29) is 12.5 Å². The second-order valence-electron chi connectivity index (χ2n) is 5.83. The molecule has 9 nitrogen and oxygen atoms in total. The highest BCUT2D eigenvalue weighted by Gasteiger charge is 2.15. The molecule has 3 amide bonds. The van der Waals surface area contributed by atoms with E-state index in [0.29, 0.717) is 27.9 Å². The van der Waals surface area contributed by atoms with Gasteiger partial charge in [-0.25, -0.2) is 5.43 Å². The van der Waals surface area contributed by atoms with E-state index in [0.717, 1.165) is 0 Å². The number of methoxy groups -OCH3 is 2. The minimum absolute atomic E-state index is 0.111. The summed E-state index contributed by atoms with van der Waals surface area (Å²) in [6.45, 7) is 4.99. The van der Waals surface area contributed by atoms with Gasteiger partial charge in [0.25, 0.3) is 0 Å². The molecule has 0 spiro atoms. The smallest absolute Gasteiger partial charge is 0.329 e. The maximum absolute atomic E-state index is 12.2. The molecule has 0 aromatic heterocycles. The van der Waals surface area contributed by atoms with E-state index >= 15 is 0 Å². The molecule has 0 saturated carbocycles. The molecule has 0 atom stereocenters. The van der Waals surface area contributed by atoms with Crippen molar-refractivity contribution >= 4 is 40.7 Å². The van der Waals surface area contributed by atoms with E-state index < -0.39 is 17.7 Å². The summed E-state index contributed by atoms with van der Waals surface area (Å²) in [6.07, 6.45) is -0.111. The van der Waals surface area contributed by atoms with Gasteiger partial charge < -0.3 is 20.1 Å². The molecule has 0 unspecified atom stereocenters. The molecule has 0 heterocycles. The Morgan fingerprint density at radius 3 is 2.30 bits per heavy atom. The number of amides is 3. The summed E-state index contributed by atoms with van der Waals surface area (Å²) < 4.78 is 10.3. The lowest BCUT2D eigenvalue weighted by Gasteiger charge is -2.13. The molecule has 27 heavy (non-hydrogen) atoms. The normalized spacial score (nSPS) is 11.0. The van der Waals surface area contributed by atoms with Crippen LogP contribution in [0.3, 0.4) is 0 Å². The van der Waals surface area contributed by atoms with Crippen molar-refractivity contribution < 1.29 is 23.9 Å². The zero-order valence-electron chi connectivity index (χ0n) is 15.8. The van der Waals surface area contributed by atoms with Gasteiger partial charge in [0.15, 0.2) is 0 Å². The van der Waals surface area contributed by atoms with Crippen LogP contribution in [0.15, 0.2) is 17.2 Å². The van der Waals surface area contributed by atoms with Gasteiger partial charge in [-0.3, -0.25) is 14.4 Å². The van der Waals surface area contributed by atoms with Crippen molar-refractivity contribution in [3.8, 4) is 11.5 Å². The molecule has 0 fully saturated rings. The fourth-order valence-corrected chi connectivity index (χ4v) is 2.18. The number of halogens is 1. The fourth-order valence-electron chi connectivity index (χ4n) is 1.95. The van der Waals surface area contributed by atoms with E-state index in [1.165, 1.54) is 26.4 Å². The van der Waals surface area contributed by atoms with Crippen LogP contribution in [0.5, 0.6) is 11.5 Å². The molecule has 148 valence electrons. The van der Waals surface area contributed by atoms with Gasteiger partial charge in [-0.2, -0.15) is 5.10 Å². The molecule has 0 saturated heterocycles. The minimum atomic E-state index is -0.910. The van der Waals surface area contributed by atoms with Crippen molar-refractivity contribution in [3.63, 3.8) is 0 Å². The SMILES string of the molecule is COc1cc(NC(=O)C/C(C)=N/NC(=O)C(=O)NC(C)C)c(OC)cc1Cl. The first-order valence-electron chi connectivity index (χ1n) is 8.03. The summed E-state index contributed by atoms with van der Waals surface area (Å²) in [4.78, 5) is 35.2. The van der Waals surface area contributed by atoms with Crippen molar-refractivity contribution in [1.29, 1.82) is 0 Å². The number of hydrazone groups is 1. The average Bonchev–Trinajstić information content (AvgIpc) is 2.59. The highest BCUT2D eigenvalue weighted by Crippen LogP contribution is 2.35. The Labute approximate surface area is 162 Å². The molecule has 0 bridgehead atoms. The quantitative estimate of drug-likeness (QED) is 0.367. The largest absolute Gasteiger partial charge is 0.495 e. The summed E-state index contributed by atoms with van der Waals surface area (Å²) in [5.41, 5.74) is 2.78. The zero-order valence-corrected chi connectivity index (χ0v) is 16.6. The lowest BCUT2D eigenvalue weighted by atomic mass is 10.2. The van der Waals surface area contributed by atoms with Gasteiger partial charge in [0.1, 0.15) is 11.5 Å². The minimum Gasteiger partial charge on any atom is -0.495 e. The summed E-state index contributed by atoms with van der Waals surface area (Å²) in [5.74, 6) is -1.37. The number of hydrogen-bond acceptors (Lipinski definition) is 6. The summed E-state index contributed by atoms with van der Waals surface area (Å²) in [6, 6.07) is 2.87. The lowest BCUT2D eigenvalue weighted by molar-refractivity contribution is -0.139.